The molecule has 0 fully saturated rings. The van der Waals surface area contributed by atoms with E-state index in [-0.39, 0.29) is 16.8 Å². The summed E-state index contributed by atoms with van der Waals surface area (Å²) < 4.78 is 6.18. The summed E-state index contributed by atoms with van der Waals surface area (Å²) in [5, 5.41) is 2.08. The van der Waals surface area contributed by atoms with Gasteiger partial charge in [0.25, 0.3) is 0 Å². The van der Waals surface area contributed by atoms with Crippen molar-refractivity contribution in [2.24, 2.45) is 0 Å². The van der Waals surface area contributed by atoms with Crippen LogP contribution in [0.15, 0.2) is 28.7 Å². The standard InChI is InChI=1S/C21H25BrO2/c1-6-24-19(23)16-11-14(22)9-13-10-17-18(12-15(13)16)21(4,5)8-7-20(17,2)3/h9-12H,6-8H2,1-5H3. The van der Waals surface area contributed by atoms with E-state index < -0.39 is 0 Å². The molecule has 0 N–H and O–H groups in total. The van der Waals surface area contributed by atoms with Gasteiger partial charge in [-0.15, -0.1) is 0 Å². The number of ether oxygens (including phenoxy) is 1. The highest BCUT2D eigenvalue weighted by Crippen LogP contribution is 2.47. The lowest BCUT2D eigenvalue weighted by molar-refractivity contribution is 0.0528. The first-order valence-corrected chi connectivity index (χ1v) is 9.40. The number of carbonyl (C=O) groups excluding carboxylic acids is 1. The van der Waals surface area contributed by atoms with Crippen LogP contribution in [0.1, 0.15) is 68.9 Å². The van der Waals surface area contributed by atoms with Gasteiger partial charge < -0.3 is 4.74 Å². The Balaban J connectivity index is 2.33. The SMILES string of the molecule is CCOC(=O)c1cc(Br)cc2cc3c(cc12)C(C)(C)CCC3(C)C. The van der Waals surface area contributed by atoms with Gasteiger partial charge in [0.05, 0.1) is 12.2 Å². The van der Waals surface area contributed by atoms with Crippen molar-refractivity contribution in [1.29, 1.82) is 0 Å². The number of hydrogen-bond donors (Lipinski definition) is 0. The number of benzene rings is 2. The molecule has 2 aromatic carbocycles. The maximum Gasteiger partial charge on any atom is 0.338 e. The lowest BCUT2D eigenvalue weighted by Gasteiger charge is -2.42. The van der Waals surface area contributed by atoms with E-state index in [4.69, 9.17) is 4.74 Å². The predicted octanol–water partition coefficient (Wildman–Crippen LogP) is 6.13. The fourth-order valence-electron chi connectivity index (χ4n) is 3.77. The van der Waals surface area contributed by atoms with Gasteiger partial charge in [0.2, 0.25) is 0 Å². The largest absolute Gasteiger partial charge is 0.462 e. The van der Waals surface area contributed by atoms with Crippen molar-refractivity contribution < 1.29 is 9.53 Å². The second kappa shape index (κ2) is 5.87. The first kappa shape index (κ1) is 17.5. The minimum absolute atomic E-state index is 0.123. The second-order valence-electron chi connectivity index (χ2n) is 8.06. The molecular formula is C21H25BrO2. The van der Waals surface area contributed by atoms with Gasteiger partial charge in [-0.2, -0.15) is 0 Å². The molecule has 0 aromatic heterocycles. The van der Waals surface area contributed by atoms with Gasteiger partial charge in [0.1, 0.15) is 0 Å². The number of halogens is 1. The van der Waals surface area contributed by atoms with E-state index in [0.29, 0.717) is 12.2 Å². The van der Waals surface area contributed by atoms with Crippen LogP contribution < -0.4 is 0 Å². The predicted molar refractivity (Wildman–Crippen MR) is 103 cm³/mol. The van der Waals surface area contributed by atoms with Gasteiger partial charge >= 0.3 is 5.97 Å². The van der Waals surface area contributed by atoms with E-state index in [1.807, 2.05) is 13.0 Å². The minimum Gasteiger partial charge on any atom is -0.462 e. The van der Waals surface area contributed by atoms with Crippen molar-refractivity contribution in [3.05, 3.63) is 45.4 Å². The van der Waals surface area contributed by atoms with Crippen molar-refractivity contribution in [2.75, 3.05) is 6.61 Å². The molecule has 3 heteroatoms. The fourth-order valence-corrected chi connectivity index (χ4v) is 4.24. The summed E-state index contributed by atoms with van der Waals surface area (Å²) in [5.74, 6) is -0.253. The summed E-state index contributed by atoms with van der Waals surface area (Å²) in [7, 11) is 0. The Morgan fingerprint density at radius 2 is 1.62 bits per heavy atom. The molecule has 24 heavy (non-hydrogen) atoms. The molecule has 0 saturated heterocycles. The van der Waals surface area contributed by atoms with Crippen molar-refractivity contribution in [3.8, 4) is 0 Å². The number of esters is 1. The van der Waals surface area contributed by atoms with Gasteiger partial charge in [-0.1, -0.05) is 49.7 Å². The second-order valence-corrected chi connectivity index (χ2v) is 8.98. The third kappa shape index (κ3) is 2.88. The Labute approximate surface area is 152 Å². The zero-order chi connectivity index (χ0) is 17.7. The maximum atomic E-state index is 12.4. The monoisotopic (exact) mass is 388 g/mol. The molecule has 1 aliphatic rings. The van der Waals surface area contributed by atoms with Crippen LogP contribution >= 0.6 is 15.9 Å². The Morgan fingerprint density at radius 1 is 1.04 bits per heavy atom. The first-order valence-electron chi connectivity index (χ1n) is 8.61. The number of hydrogen-bond acceptors (Lipinski definition) is 2. The van der Waals surface area contributed by atoms with Crippen molar-refractivity contribution in [1.82, 2.24) is 0 Å². The molecule has 128 valence electrons. The summed E-state index contributed by atoms with van der Waals surface area (Å²) in [5.41, 5.74) is 3.69. The molecule has 2 aromatic rings. The van der Waals surface area contributed by atoms with E-state index in [1.54, 1.807) is 0 Å². The van der Waals surface area contributed by atoms with Crippen LogP contribution in [0.2, 0.25) is 0 Å². The van der Waals surface area contributed by atoms with Crippen LogP contribution in [0.4, 0.5) is 0 Å². The summed E-state index contributed by atoms with van der Waals surface area (Å²) >= 11 is 3.54. The third-order valence-corrected chi connectivity index (χ3v) is 5.84. The van der Waals surface area contributed by atoms with Crippen LogP contribution in [0, 0.1) is 0 Å². The highest BCUT2D eigenvalue weighted by atomic mass is 79.9. The summed E-state index contributed by atoms with van der Waals surface area (Å²) in [6.07, 6.45) is 2.33. The van der Waals surface area contributed by atoms with E-state index in [1.165, 1.54) is 17.5 Å². The number of carbonyl (C=O) groups is 1. The Morgan fingerprint density at radius 3 is 2.21 bits per heavy atom. The number of fused-ring (bicyclic) bond motifs is 2. The van der Waals surface area contributed by atoms with Crippen LogP contribution in [0.25, 0.3) is 10.8 Å². The quantitative estimate of drug-likeness (QED) is 0.578. The summed E-state index contributed by atoms with van der Waals surface area (Å²) in [6, 6.07) is 8.47. The minimum atomic E-state index is -0.253. The molecular weight excluding hydrogens is 364 g/mol. The average Bonchev–Trinajstić information content (AvgIpc) is 2.50. The van der Waals surface area contributed by atoms with Gasteiger partial charge in [-0.3, -0.25) is 0 Å². The maximum absolute atomic E-state index is 12.4. The van der Waals surface area contributed by atoms with E-state index >= 15 is 0 Å². The van der Waals surface area contributed by atoms with Crippen molar-refractivity contribution >= 4 is 32.7 Å². The molecule has 0 atom stereocenters. The van der Waals surface area contributed by atoms with Crippen LogP contribution in [0.5, 0.6) is 0 Å². The topological polar surface area (TPSA) is 26.3 Å². The van der Waals surface area contributed by atoms with Gasteiger partial charge in [-0.05, 0) is 70.7 Å². The molecule has 0 amide bonds. The summed E-state index contributed by atoms with van der Waals surface area (Å²) in [4.78, 5) is 12.4. The van der Waals surface area contributed by atoms with Gasteiger partial charge in [0, 0.05) is 4.47 Å². The molecule has 1 aliphatic carbocycles. The van der Waals surface area contributed by atoms with Crippen LogP contribution in [0.3, 0.4) is 0 Å². The molecule has 0 unspecified atom stereocenters. The van der Waals surface area contributed by atoms with Crippen molar-refractivity contribution in [3.63, 3.8) is 0 Å². The average molecular weight is 389 g/mol. The molecule has 0 saturated carbocycles. The zero-order valence-corrected chi connectivity index (χ0v) is 16.7. The zero-order valence-electron chi connectivity index (χ0n) is 15.1. The number of rotatable bonds is 2. The lowest BCUT2D eigenvalue weighted by Crippen LogP contribution is -2.33. The fraction of sp³-hybridized carbons (Fsp3) is 0.476. The van der Waals surface area contributed by atoms with Crippen molar-refractivity contribution in [2.45, 2.75) is 58.3 Å². The highest BCUT2D eigenvalue weighted by Gasteiger charge is 2.37. The van der Waals surface area contributed by atoms with E-state index in [9.17, 15) is 4.79 Å². The Bertz CT molecular complexity index is 818. The molecule has 3 rings (SSSR count). The Kier molecular flexibility index (Phi) is 4.28. The summed E-state index contributed by atoms with van der Waals surface area (Å²) in [6.45, 7) is 11.5. The van der Waals surface area contributed by atoms with Gasteiger partial charge in [-0.25, -0.2) is 4.79 Å². The molecule has 0 aliphatic heterocycles. The highest BCUT2D eigenvalue weighted by molar-refractivity contribution is 9.10. The third-order valence-electron chi connectivity index (χ3n) is 5.38. The van der Waals surface area contributed by atoms with Gasteiger partial charge in [0.15, 0.2) is 0 Å². The van der Waals surface area contributed by atoms with E-state index in [2.05, 4.69) is 61.8 Å². The van der Waals surface area contributed by atoms with Crippen LogP contribution in [-0.4, -0.2) is 12.6 Å². The normalized spacial score (nSPS) is 18.2. The molecule has 0 spiro atoms. The molecule has 2 nitrogen and oxygen atoms in total. The first-order chi connectivity index (χ1) is 11.2. The molecule has 0 heterocycles. The van der Waals surface area contributed by atoms with E-state index in [0.717, 1.165) is 21.7 Å². The lowest BCUT2D eigenvalue weighted by atomic mass is 9.62. The van der Waals surface area contributed by atoms with Crippen LogP contribution in [-0.2, 0) is 15.6 Å². The molecule has 0 radical (unpaired) electrons. The Hall–Kier alpha value is -1.35. The smallest absolute Gasteiger partial charge is 0.338 e. The molecule has 0 bridgehead atoms.